The summed E-state index contributed by atoms with van der Waals surface area (Å²) in [5.41, 5.74) is 6.22. The van der Waals surface area contributed by atoms with Crippen LogP contribution in [0, 0.1) is 0 Å². The molecule has 2 heterocycles. The third-order valence-electron chi connectivity index (χ3n) is 6.05. The third-order valence-corrected chi connectivity index (χ3v) is 6.98. The van der Waals surface area contributed by atoms with Gasteiger partial charge in [0.1, 0.15) is 0 Å². The number of benzene rings is 3. The Balaban J connectivity index is 1.33. The summed E-state index contributed by atoms with van der Waals surface area (Å²) >= 11 is 1.33. The Morgan fingerprint density at radius 1 is 0.969 bits per heavy atom. The van der Waals surface area contributed by atoms with Gasteiger partial charge in [-0.2, -0.15) is 0 Å². The van der Waals surface area contributed by atoms with Crippen LogP contribution in [0.25, 0.3) is 27.8 Å². The number of aryl methyl sites for hydroxylation is 1. The van der Waals surface area contributed by atoms with Crippen LogP contribution in [0.4, 0.5) is 0 Å². The van der Waals surface area contributed by atoms with Crippen molar-refractivity contribution in [3.05, 3.63) is 93.8 Å². The predicted octanol–water partition coefficient (Wildman–Crippen LogP) is 4.13. The molecule has 6 rings (SSSR count). The molecule has 0 spiro atoms. The van der Waals surface area contributed by atoms with Crippen molar-refractivity contribution in [2.75, 3.05) is 5.75 Å². The third kappa shape index (κ3) is 2.81. The molecular weight excluding hydrogens is 420 g/mol. The Morgan fingerprint density at radius 3 is 2.66 bits per heavy atom. The molecule has 0 bridgehead atoms. The number of hydrogen-bond donors (Lipinski definition) is 0. The number of thioether (sulfide) groups is 1. The summed E-state index contributed by atoms with van der Waals surface area (Å²) in [6, 6.07) is 21.7. The summed E-state index contributed by atoms with van der Waals surface area (Å²) in [5.74, 6) is 0.726. The number of nitrogens with zero attached hydrogens (tertiary/aromatic N) is 4. The van der Waals surface area contributed by atoms with Gasteiger partial charge in [0.05, 0.1) is 16.7 Å². The molecule has 1 aliphatic rings. The first-order chi connectivity index (χ1) is 15.6. The number of para-hydroxylation sites is 1. The molecule has 0 saturated heterocycles. The Hall–Kier alpha value is -3.71. The van der Waals surface area contributed by atoms with Crippen molar-refractivity contribution in [2.45, 2.75) is 11.6 Å². The van der Waals surface area contributed by atoms with E-state index in [1.54, 1.807) is 13.1 Å². The molecule has 156 valence electrons. The molecule has 1 aliphatic carbocycles. The lowest BCUT2D eigenvalue weighted by Crippen LogP contribution is -2.20. The molecule has 0 fully saturated rings. The first kappa shape index (κ1) is 19.0. The highest BCUT2D eigenvalue weighted by molar-refractivity contribution is 7.99. The minimum absolute atomic E-state index is 0.0352. The second-order valence-electron chi connectivity index (χ2n) is 7.92. The quantitative estimate of drug-likeness (QED) is 0.306. The van der Waals surface area contributed by atoms with Crippen LogP contribution in [0.2, 0.25) is 0 Å². The molecule has 0 radical (unpaired) electrons. The fourth-order valence-corrected chi connectivity index (χ4v) is 5.25. The van der Waals surface area contributed by atoms with E-state index >= 15 is 0 Å². The van der Waals surface area contributed by atoms with Gasteiger partial charge in [-0.1, -0.05) is 60.3 Å². The van der Waals surface area contributed by atoms with E-state index in [4.69, 9.17) is 0 Å². The minimum atomic E-state index is -0.119. The van der Waals surface area contributed by atoms with Crippen LogP contribution in [-0.2, 0) is 13.5 Å². The number of Topliss-reactive ketones (excluding diaryl/α,β-unsaturated/α-hetero) is 1. The normalized spacial score (nSPS) is 12.3. The topological polar surface area (TPSA) is 69.3 Å². The Bertz CT molecular complexity index is 1620. The number of carbonyl (C=O) groups is 1. The zero-order chi connectivity index (χ0) is 21.8. The average Bonchev–Trinajstić information content (AvgIpc) is 3.42. The Morgan fingerprint density at radius 2 is 1.75 bits per heavy atom. The van der Waals surface area contributed by atoms with Gasteiger partial charge in [0, 0.05) is 12.6 Å². The first-order valence-electron chi connectivity index (χ1n) is 10.3. The minimum Gasteiger partial charge on any atom is -0.293 e. The van der Waals surface area contributed by atoms with Crippen LogP contribution in [-0.4, -0.2) is 30.7 Å². The lowest BCUT2D eigenvalue weighted by atomic mass is 10.0. The number of aromatic nitrogens is 4. The molecule has 0 saturated carbocycles. The van der Waals surface area contributed by atoms with Crippen LogP contribution in [0.1, 0.15) is 21.5 Å². The summed E-state index contributed by atoms with van der Waals surface area (Å²) in [6.45, 7) is 0. The summed E-state index contributed by atoms with van der Waals surface area (Å²) in [7, 11) is 1.68. The van der Waals surface area contributed by atoms with Crippen molar-refractivity contribution in [1.29, 1.82) is 0 Å². The maximum Gasteiger partial charge on any atom is 0.262 e. The van der Waals surface area contributed by atoms with Crippen molar-refractivity contribution in [2.24, 2.45) is 7.05 Å². The number of hydrogen-bond acceptors (Lipinski definition) is 5. The standard InChI is InChI=1S/C25H18N4O2S/c1-28-23(31)19-8-4-5-9-21(19)29-24(28)26-27-25(29)32-14-22(30)17-11-10-16-12-15-6-2-3-7-18(15)20(16)13-17/h2-11,13H,12,14H2,1H3. The molecule has 3 aromatic carbocycles. The second-order valence-corrected chi connectivity index (χ2v) is 8.86. The van der Waals surface area contributed by atoms with E-state index in [1.165, 1.54) is 33.0 Å². The highest BCUT2D eigenvalue weighted by atomic mass is 32.2. The molecule has 0 atom stereocenters. The van der Waals surface area contributed by atoms with Gasteiger partial charge in [-0.25, -0.2) is 0 Å². The van der Waals surface area contributed by atoms with E-state index in [9.17, 15) is 9.59 Å². The highest BCUT2D eigenvalue weighted by Gasteiger charge is 2.20. The fourth-order valence-electron chi connectivity index (χ4n) is 4.42. The van der Waals surface area contributed by atoms with E-state index in [0.717, 1.165) is 17.5 Å². The second kappa shape index (κ2) is 7.17. The zero-order valence-electron chi connectivity index (χ0n) is 17.3. The van der Waals surface area contributed by atoms with E-state index in [-0.39, 0.29) is 17.1 Å². The van der Waals surface area contributed by atoms with Crippen LogP contribution < -0.4 is 5.56 Å². The predicted molar refractivity (Wildman–Crippen MR) is 125 cm³/mol. The Labute approximate surface area is 187 Å². The van der Waals surface area contributed by atoms with Gasteiger partial charge in [0.2, 0.25) is 5.78 Å². The molecule has 32 heavy (non-hydrogen) atoms. The molecule has 0 N–H and O–H groups in total. The molecule has 2 aromatic heterocycles. The van der Waals surface area contributed by atoms with E-state index in [2.05, 4.69) is 34.5 Å². The van der Waals surface area contributed by atoms with Crippen molar-refractivity contribution in [3.63, 3.8) is 0 Å². The summed E-state index contributed by atoms with van der Waals surface area (Å²) in [4.78, 5) is 25.6. The highest BCUT2D eigenvalue weighted by Crippen LogP contribution is 2.37. The molecular formula is C25H18N4O2S. The number of rotatable bonds is 4. The average molecular weight is 439 g/mol. The van der Waals surface area contributed by atoms with Gasteiger partial charge in [0.25, 0.3) is 5.56 Å². The van der Waals surface area contributed by atoms with E-state index < -0.39 is 0 Å². The largest absolute Gasteiger partial charge is 0.293 e. The van der Waals surface area contributed by atoms with Crippen LogP contribution in [0.15, 0.2) is 76.7 Å². The van der Waals surface area contributed by atoms with Crippen LogP contribution in [0.3, 0.4) is 0 Å². The fraction of sp³-hybridized carbons (Fsp3) is 0.120. The summed E-state index contributed by atoms with van der Waals surface area (Å²) in [5, 5.41) is 9.64. The van der Waals surface area contributed by atoms with Gasteiger partial charge < -0.3 is 0 Å². The number of carbonyl (C=O) groups excluding carboxylic acids is 1. The maximum atomic E-state index is 13.0. The van der Waals surface area contributed by atoms with Crippen LogP contribution >= 0.6 is 11.8 Å². The number of ketones is 1. The molecule has 0 aliphatic heterocycles. The lowest BCUT2D eigenvalue weighted by Gasteiger charge is -2.08. The molecule has 0 amide bonds. The molecule has 0 unspecified atom stereocenters. The van der Waals surface area contributed by atoms with Gasteiger partial charge in [-0.15, -0.1) is 10.2 Å². The van der Waals surface area contributed by atoms with Crippen molar-refractivity contribution < 1.29 is 4.79 Å². The van der Waals surface area contributed by atoms with Crippen molar-refractivity contribution >= 4 is 34.2 Å². The lowest BCUT2D eigenvalue weighted by molar-refractivity contribution is 0.102. The van der Waals surface area contributed by atoms with Crippen LogP contribution in [0.5, 0.6) is 0 Å². The smallest absolute Gasteiger partial charge is 0.262 e. The first-order valence-corrected chi connectivity index (χ1v) is 11.3. The maximum absolute atomic E-state index is 13.0. The van der Waals surface area contributed by atoms with Gasteiger partial charge in [0.15, 0.2) is 10.9 Å². The van der Waals surface area contributed by atoms with Gasteiger partial charge in [-0.3, -0.25) is 18.6 Å². The summed E-state index contributed by atoms with van der Waals surface area (Å²) < 4.78 is 3.33. The SMILES string of the molecule is Cn1c(=O)c2ccccc2n2c(SCC(=O)c3ccc4c(c3)-c3ccccc3C4)nnc12. The van der Waals surface area contributed by atoms with Crippen molar-refractivity contribution in [1.82, 2.24) is 19.2 Å². The van der Waals surface area contributed by atoms with Crippen molar-refractivity contribution in [3.8, 4) is 11.1 Å². The number of fused-ring (bicyclic) bond motifs is 6. The molecule has 5 aromatic rings. The summed E-state index contributed by atoms with van der Waals surface area (Å²) in [6.07, 6.45) is 0.909. The zero-order valence-corrected chi connectivity index (χ0v) is 18.1. The van der Waals surface area contributed by atoms with E-state index in [1.807, 2.05) is 40.8 Å². The van der Waals surface area contributed by atoms with Gasteiger partial charge >= 0.3 is 0 Å². The van der Waals surface area contributed by atoms with Gasteiger partial charge in [-0.05, 0) is 46.9 Å². The molecule has 7 heteroatoms. The monoisotopic (exact) mass is 438 g/mol. The van der Waals surface area contributed by atoms with E-state index in [0.29, 0.717) is 21.9 Å². The Kier molecular flexibility index (Phi) is 4.26. The molecule has 6 nitrogen and oxygen atoms in total.